The second-order valence-corrected chi connectivity index (χ2v) is 17.4. The molecule has 11 nitrogen and oxygen atoms in total. The van der Waals surface area contributed by atoms with Crippen LogP contribution in [-0.2, 0) is 24.5 Å². The number of ether oxygens (including phenoxy) is 1. The molecule has 3 N–H and O–H groups in total. The van der Waals surface area contributed by atoms with Gasteiger partial charge in [-0.05, 0) is 82.0 Å². The highest BCUT2D eigenvalue weighted by Crippen LogP contribution is 2.34. The van der Waals surface area contributed by atoms with Crippen molar-refractivity contribution in [1.82, 2.24) is 5.32 Å². The number of nitrogens with one attached hydrogen (secondary N) is 3. The molecule has 1 aliphatic carbocycles. The van der Waals surface area contributed by atoms with E-state index in [1.807, 2.05) is 4.90 Å². The second kappa shape index (κ2) is 14.0. The van der Waals surface area contributed by atoms with Gasteiger partial charge >= 0.3 is 6.09 Å². The van der Waals surface area contributed by atoms with Gasteiger partial charge in [-0.3, -0.25) is 9.10 Å². The molecule has 13 heteroatoms. The lowest BCUT2D eigenvalue weighted by Gasteiger charge is -2.25. The fourth-order valence-electron chi connectivity index (χ4n) is 5.33. The van der Waals surface area contributed by atoms with Crippen molar-refractivity contribution in [2.45, 2.75) is 82.3 Å². The summed E-state index contributed by atoms with van der Waals surface area (Å²) in [6.45, 7) is 6.52. The van der Waals surface area contributed by atoms with Crippen LogP contribution in [0.25, 0.3) is 0 Å². The summed E-state index contributed by atoms with van der Waals surface area (Å²) in [5.41, 5.74) is 0.921. The molecule has 2 fully saturated rings. The zero-order valence-electron chi connectivity index (χ0n) is 26.9. The van der Waals surface area contributed by atoms with Crippen LogP contribution in [0.5, 0.6) is 0 Å². The summed E-state index contributed by atoms with van der Waals surface area (Å²) in [4.78, 5) is 28.1. The first-order chi connectivity index (χ1) is 21.0. The molecule has 0 spiro atoms. The van der Waals surface area contributed by atoms with E-state index in [0.717, 1.165) is 35.7 Å². The third kappa shape index (κ3) is 10.1. The zero-order valence-corrected chi connectivity index (χ0v) is 28.6. The number of benzene rings is 2. The van der Waals surface area contributed by atoms with E-state index in [1.54, 1.807) is 63.2 Å². The Labute approximate surface area is 268 Å². The maximum absolute atomic E-state index is 13.4. The third-order valence-corrected chi connectivity index (χ3v) is 11.2. The van der Waals surface area contributed by atoms with E-state index in [2.05, 4.69) is 10.6 Å². The number of nitrogens with zero attached hydrogens (tertiary/aromatic N) is 2. The van der Waals surface area contributed by atoms with Crippen molar-refractivity contribution in [2.24, 2.45) is 5.92 Å². The lowest BCUT2D eigenvalue weighted by Crippen LogP contribution is -2.40. The minimum atomic E-state index is -3.70. The number of anilines is 3. The minimum absolute atomic E-state index is 0.146. The van der Waals surface area contributed by atoms with Crippen molar-refractivity contribution in [3.8, 4) is 0 Å². The van der Waals surface area contributed by atoms with Crippen LogP contribution in [0.2, 0.25) is 0 Å². The van der Waals surface area contributed by atoms with Gasteiger partial charge in [-0.1, -0.05) is 32.1 Å². The number of unbranched alkanes of at least 4 members (excludes halogenated alkanes) is 2. The van der Waals surface area contributed by atoms with Crippen LogP contribution in [0.3, 0.4) is 0 Å². The van der Waals surface area contributed by atoms with Crippen LogP contribution in [0.4, 0.5) is 21.9 Å². The van der Waals surface area contributed by atoms with Crippen molar-refractivity contribution in [1.29, 1.82) is 4.78 Å². The van der Waals surface area contributed by atoms with Crippen LogP contribution in [0.1, 0.15) is 76.1 Å². The minimum Gasteiger partial charge on any atom is -0.444 e. The molecule has 1 saturated heterocycles. The Kier molecular flexibility index (Phi) is 10.7. The number of hydrogen-bond donors (Lipinski definition) is 3. The number of carbonyl (C=O) groups excluding carboxylic acids is 2. The Morgan fingerprint density at radius 1 is 1.02 bits per heavy atom. The Balaban J connectivity index is 1.43. The first kappa shape index (κ1) is 34.6. The topological polar surface area (TPSA) is 149 Å². The molecule has 0 bridgehead atoms. The molecule has 2 amide bonds. The number of hydrogen-bond acceptors (Lipinski definition) is 8. The molecule has 2 aromatic rings. The van der Waals surface area contributed by atoms with Gasteiger partial charge in [0.25, 0.3) is 5.91 Å². The van der Waals surface area contributed by atoms with Crippen LogP contribution < -0.4 is 19.8 Å². The van der Waals surface area contributed by atoms with E-state index in [4.69, 9.17) is 9.52 Å². The van der Waals surface area contributed by atoms with Crippen molar-refractivity contribution in [3.05, 3.63) is 48.0 Å². The second-order valence-electron chi connectivity index (χ2n) is 13.2. The van der Waals surface area contributed by atoms with Crippen LogP contribution in [0.15, 0.2) is 47.4 Å². The molecule has 2 aromatic carbocycles. The SMILES string of the molecule is CN(c1cc(N2CC[C@@H](NC(=O)OC(C)(C)C)C2)ccc1C(=O)Nc1ccc(S(=N)(=O)CCCCCC2CC2)cc1)S(C)(=O)=O. The summed E-state index contributed by atoms with van der Waals surface area (Å²) in [5.74, 6) is 0.681. The largest absolute Gasteiger partial charge is 0.444 e. The first-order valence-electron chi connectivity index (χ1n) is 15.5. The Morgan fingerprint density at radius 2 is 1.71 bits per heavy atom. The summed E-state index contributed by atoms with van der Waals surface area (Å²) < 4.78 is 52.9. The Morgan fingerprint density at radius 3 is 2.33 bits per heavy atom. The lowest BCUT2D eigenvalue weighted by molar-refractivity contribution is 0.0508. The monoisotopic (exact) mass is 661 g/mol. The van der Waals surface area contributed by atoms with Gasteiger partial charge in [0.1, 0.15) is 5.60 Å². The van der Waals surface area contributed by atoms with E-state index in [-0.39, 0.29) is 17.3 Å². The fourth-order valence-corrected chi connectivity index (χ4v) is 7.26. The van der Waals surface area contributed by atoms with Crippen molar-refractivity contribution in [3.63, 3.8) is 0 Å². The number of rotatable bonds is 13. The normalized spacial score (nSPS) is 18.2. The predicted octanol–water partition coefficient (Wildman–Crippen LogP) is 5.81. The summed E-state index contributed by atoms with van der Waals surface area (Å²) >= 11 is 0. The molecule has 2 atom stereocenters. The van der Waals surface area contributed by atoms with Gasteiger partial charge in [0.05, 0.1) is 33.3 Å². The molecule has 0 aromatic heterocycles. The summed E-state index contributed by atoms with van der Waals surface area (Å²) in [6.07, 6.45) is 7.99. The van der Waals surface area contributed by atoms with Gasteiger partial charge in [0.15, 0.2) is 0 Å². The van der Waals surface area contributed by atoms with Gasteiger partial charge in [-0.25, -0.2) is 22.2 Å². The molecule has 4 rings (SSSR count). The number of alkyl carbamates (subject to hydrolysis) is 1. The number of sulfonamides is 1. The van der Waals surface area contributed by atoms with Crippen LogP contribution >= 0.6 is 0 Å². The van der Waals surface area contributed by atoms with Crippen molar-refractivity contribution < 1.29 is 27.0 Å². The quantitative estimate of drug-likeness (QED) is 0.229. The smallest absolute Gasteiger partial charge is 0.407 e. The third-order valence-electron chi connectivity index (χ3n) is 8.07. The van der Waals surface area contributed by atoms with E-state index in [1.165, 1.54) is 26.3 Å². The average molecular weight is 662 g/mol. The van der Waals surface area contributed by atoms with Gasteiger partial charge < -0.3 is 20.3 Å². The summed E-state index contributed by atoms with van der Waals surface area (Å²) in [6, 6.07) is 11.3. The van der Waals surface area contributed by atoms with E-state index < -0.39 is 37.4 Å². The Bertz CT molecular complexity index is 1580. The molecule has 1 unspecified atom stereocenters. The molecule has 0 radical (unpaired) electrons. The standard InChI is InChI=1S/C32H47N5O6S2/c1-32(2,3)43-31(39)35-25-18-19-37(22-25)26-14-17-28(29(21-26)36(4)44(5,40)41)30(38)34-24-12-15-27(16-13-24)45(33,42)20-8-6-7-9-23-10-11-23/h12-17,21,23,25,33H,6-11,18-20,22H2,1-5H3,(H,34,38)(H,35,39)/t25-,45?/m1/s1. The first-order valence-corrected chi connectivity index (χ1v) is 19.1. The average Bonchev–Trinajstić information content (AvgIpc) is 3.66. The van der Waals surface area contributed by atoms with Gasteiger partial charge in [0, 0.05) is 42.2 Å². The zero-order chi connectivity index (χ0) is 33.0. The summed E-state index contributed by atoms with van der Waals surface area (Å²) in [7, 11) is -5.23. The van der Waals surface area contributed by atoms with Crippen LogP contribution in [0, 0.1) is 10.7 Å². The highest BCUT2D eigenvalue weighted by atomic mass is 32.2. The molecule has 1 aliphatic heterocycles. The lowest BCUT2D eigenvalue weighted by atomic mass is 10.1. The van der Waals surface area contributed by atoms with Gasteiger partial charge in [-0.15, -0.1) is 0 Å². The molecule has 45 heavy (non-hydrogen) atoms. The fraction of sp³-hybridized carbons (Fsp3) is 0.562. The maximum atomic E-state index is 13.4. The Hall–Kier alpha value is -3.32. The molecule has 2 aliphatic rings. The molecule has 1 heterocycles. The van der Waals surface area contributed by atoms with E-state index in [0.29, 0.717) is 41.5 Å². The van der Waals surface area contributed by atoms with Crippen molar-refractivity contribution in [2.75, 3.05) is 46.7 Å². The molecule has 248 valence electrons. The molecular formula is C32H47N5O6S2. The van der Waals surface area contributed by atoms with E-state index in [9.17, 15) is 22.2 Å². The van der Waals surface area contributed by atoms with Crippen LogP contribution in [-0.4, -0.2) is 68.4 Å². The molecular weight excluding hydrogens is 615 g/mol. The predicted molar refractivity (Wildman–Crippen MR) is 179 cm³/mol. The number of amides is 2. The maximum Gasteiger partial charge on any atom is 0.407 e. The van der Waals surface area contributed by atoms with Gasteiger partial charge in [0.2, 0.25) is 10.0 Å². The van der Waals surface area contributed by atoms with E-state index >= 15 is 0 Å². The molecule has 1 saturated carbocycles. The number of carbonyl (C=O) groups is 2. The van der Waals surface area contributed by atoms with Gasteiger partial charge in [-0.2, -0.15) is 0 Å². The highest BCUT2D eigenvalue weighted by molar-refractivity contribution is 7.92. The van der Waals surface area contributed by atoms with Crippen molar-refractivity contribution >= 4 is 48.8 Å². The summed E-state index contributed by atoms with van der Waals surface area (Å²) in [5, 5.41) is 5.69. The highest BCUT2D eigenvalue weighted by Gasteiger charge is 2.28.